The minimum Gasteiger partial charge on any atom is -0.454 e. The number of furan rings is 1. The van der Waals surface area contributed by atoms with Gasteiger partial charge in [-0.3, -0.25) is 0 Å². The standard InChI is InChI=1S/C38H23NOS2/c1-2-8-26(9-3-1)39(28-19-21-36-32(23-28)29-10-4-6-12-34(29)41-36)27-17-14-24(15-18-27)25-16-20-30-33(22-25)40-37-31-11-5-7-13-35(31)42-38(30)37/h1-23H. The fraction of sp³-hybridized carbons (Fsp3) is 0. The van der Waals surface area contributed by atoms with Crippen molar-refractivity contribution < 1.29 is 4.42 Å². The van der Waals surface area contributed by atoms with Crippen molar-refractivity contribution in [2.75, 3.05) is 4.90 Å². The quantitative estimate of drug-likeness (QED) is 0.208. The van der Waals surface area contributed by atoms with Crippen molar-refractivity contribution in [1.82, 2.24) is 0 Å². The number of hydrogen-bond donors (Lipinski definition) is 0. The molecule has 198 valence electrons. The van der Waals surface area contributed by atoms with E-state index in [2.05, 4.69) is 144 Å². The molecule has 0 aliphatic carbocycles. The number of thiophene rings is 2. The Kier molecular flexibility index (Phi) is 5.27. The Morgan fingerprint density at radius 3 is 1.90 bits per heavy atom. The van der Waals surface area contributed by atoms with Crippen LogP contribution in [0.15, 0.2) is 144 Å². The SMILES string of the molecule is c1ccc(N(c2ccc(-c3ccc4c(c3)oc3c5ccccc5sc43)cc2)c2ccc3sc4ccccc4c3c2)cc1. The predicted octanol–water partition coefficient (Wildman–Crippen LogP) is 12.3. The maximum atomic E-state index is 6.41. The zero-order valence-corrected chi connectivity index (χ0v) is 24.1. The third-order valence-electron chi connectivity index (χ3n) is 8.08. The third-order valence-corrected chi connectivity index (χ3v) is 10.4. The van der Waals surface area contributed by atoms with E-state index in [1.807, 2.05) is 11.3 Å². The second-order valence-electron chi connectivity index (χ2n) is 10.6. The number of anilines is 3. The second kappa shape index (κ2) is 9.31. The lowest BCUT2D eigenvalue weighted by atomic mass is 10.0. The highest BCUT2D eigenvalue weighted by Gasteiger charge is 2.16. The Hall–Kier alpha value is -4.90. The van der Waals surface area contributed by atoms with Gasteiger partial charge in [-0.15, -0.1) is 22.7 Å². The maximum absolute atomic E-state index is 6.41. The van der Waals surface area contributed by atoms with Crippen LogP contribution in [0.2, 0.25) is 0 Å². The Balaban J connectivity index is 1.13. The molecule has 2 nitrogen and oxygen atoms in total. The fourth-order valence-electron chi connectivity index (χ4n) is 6.06. The van der Waals surface area contributed by atoms with E-state index in [9.17, 15) is 0 Å². The van der Waals surface area contributed by atoms with E-state index >= 15 is 0 Å². The zero-order chi connectivity index (χ0) is 27.6. The molecule has 0 aliphatic heterocycles. The van der Waals surface area contributed by atoms with Crippen molar-refractivity contribution in [3.8, 4) is 11.1 Å². The van der Waals surface area contributed by atoms with Gasteiger partial charge in [0.2, 0.25) is 0 Å². The van der Waals surface area contributed by atoms with Crippen LogP contribution in [0.5, 0.6) is 0 Å². The van der Waals surface area contributed by atoms with Gasteiger partial charge in [0, 0.05) is 52.7 Å². The molecule has 0 aliphatic rings. The molecular weight excluding hydrogens is 551 g/mol. The first-order valence-electron chi connectivity index (χ1n) is 14.0. The predicted molar refractivity (Wildman–Crippen MR) is 182 cm³/mol. The van der Waals surface area contributed by atoms with E-state index in [0.29, 0.717) is 0 Å². The van der Waals surface area contributed by atoms with Gasteiger partial charge >= 0.3 is 0 Å². The number of benzene rings is 6. The molecule has 0 saturated heterocycles. The summed E-state index contributed by atoms with van der Waals surface area (Å²) in [5, 5.41) is 4.97. The summed E-state index contributed by atoms with van der Waals surface area (Å²) in [5.74, 6) is 0. The molecule has 0 radical (unpaired) electrons. The first-order valence-corrected chi connectivity index (χ1v) is 15.6. The summed E-state index contributed by atoms with van der Waals surface area (Å²) in [4.78, 5) is 2.34. The normalized spacial score (nSPS) is 11.8. The summed E-state index contributed by atoms with van der Waals surface area (Å²) >= 11 is 3.65. The van der Waals surface area contributed by atoms with Gasteiger partial charge in [0.1, 0.15) is 5.58 Å². The largest absolute Gasteiger partial charge is 0.454 e. The summed E-state index contributed by atoms with van der Waals surface area (Å²) < 4.78 is 11.5. The molecule has 4 heteroatoms. The summed E-state index contributed by atoms with van der Waals surface area (Å²) in [6, 6.07) is 50.0. The number of hydrogen-bond acceptors (Lipinski definition) is 4. The van der Waals surface area contributed by atoms with Gasteiger partial charge in [0.05, 0.1) is 4.70 Å². The van der Waals surface area contributed by atoms with Gasteiger partial charge in [0.15, 0.2) is 5.58 Å². The minimum absolute atomic E-state index is 0.936. The molecule has 0 saturated carbocycles. The lowest BCUT2D eigenvalue weighted by molar-refractivity contribution is 0.673. The van der Waals surface area contributed by atoms with Crippen molar-refractivity contribution >= 4 is 91.2 Å². The Morgan fingerprint density at radius 1 is 0.429 bits per heavy atom. The average molecular weight is 574 g/mol. The van der Waals surface area contributed by atoms with Crippen LogP contribution in [0, 0.1) is 0 Å². The Bertz CT molecular complexity index is 2410. The van der Waals surface area contributed by atoms with Crippen LogP contribution in [0.3, 0.4) is 0 Å². The molecule has 3 heterocycles. The highest BCUT2D eigenvalue weighted by molar-refractivity contribution is 7.26. The van der Waals surface area contributed by atoms with E-state index in [1.165, 1.54) is 40.3 Å². The molecule has 9 rings (SSSR count). The Labute approximate surface area is 250 Å². The van der Waals surface area contributed by atoms with Crippen LogP contribution in [-0.4, -0.2) is 0 Å². The summed E-state index contributed by atoms with van der Waals surface area (Å²) in [6.07, 6.45) is 0. The van der Waals surface area contributed by atoms with Crippen molar-refractivity contribution in [1.29, 1.82) is 0 Å². The van der Waals surface area contributed by atoms with E-state index < -0.39 is 0 Å². The molecule has 9 aromatic rings. The van der Waals surface area contributed by atoms with Gasteiger partial charge < -0.3 is 9.32 Å². The van der Waals surface area contributed by atoms with Gasteiger partial charge in [0.25, 0.3) is 0 Å². The van der Waals surface area contributed by atoms with Crippen LogP contribution in [0.4, 0.5) is 17.1 Å². The molecule has 0 bridgehead atoms. The number of nitrogens with zero attached hydrogens (tertiary/aromatic N) is 1. The van der Waals surface area contributed by atoms with E-state index in [4.69, 9.17) is 4.42 Å². The summed E-state index contributed by atoms with van der Waals surface area (Å²) in [5.41, 5.74) is 7.64. The van der Waals surface area contributed by atoms with Gasteiger partial charge in [-0.25, -0.2) is 0 Å². The first kappa shape index (κ1) is 23.8. The zero-order valence-electron chi connectivity index (χ0n) is 22.5. The number of fused-ring (bicyclic) bond motifs is 8. The molecule has 0 N–H and O–H groups in total. The van der Waals surface area contributed by atoms with Gasteiger partial charge in [-0.2, -0.15) is 0 Å². The Morgan fingerprint density at radius 2 is 1.07 bits per heavy atom. The van der Waals surface area contributed by atoms with Crippen LogP contribution in [0.25, 0.3) is 62.6 Å². The molecule has 0 spiro atoms. The van der Waals surface area contributed by atoms with Crippen LogP contribution in [0.1, 0.15) is 0 Å². The molecule has 42 heavy (non-hydrogen) atoms. The third kappa shape index (κ3) is 3.69. The number of para-hydroxylation sites is 1. The maximum Gasteiger partial charge on any atom is 0.154 e. The van der Waals surface area contributed by atoms with Crippen LogP contribution >= 0.6 is 22.7 Å². The van der Waals surface area contributed by atoms with Gasteiger partial charge in [-0.1, -0.05) is 66.7 Å². The van der Waals surface area contributed by atoms with E-state index in [0.717, 1.165) is 39.4 Å². The van der Waals surface area contributed by atoms with E-state index in [-0.39, 0.29) is 0 Å². The molecule has 0 atom stereocenters. The van der Waals surface area contributed by atoms with Crippen molar-refractivity contribution in [3.63, 3.8) is 0 Å². The molecule has 6 aromatic carbocycles. The first-order chi connectivity index (χ1) is 20.8. The lowest BCUT2D eigenvalue weighted by Crippen LogP contribution is -2.09. The number of rotatable bonds is 4. The molecule has 0 fully saturated rings. The summed E-state index contributed by atoms with van der Waals surface area (Å²) in [7, 11) is 0. The molecule has 0 unspecified atom stereocenters. The molecule has 3 aromatic heterocycles. The average Bonchev–Trinajstić information content (AvgIpc) is 3.71. The smallest absolute Gasteiger partial charge is 0.154 e. The molecule has 0 amide bonds. The minimum atomic E-state index is 0.936. The van der Waals surface area contributed by atoms with E-state index in [1.54, 1.807) is 11.3 Å². The highest BCUT2D eigenvalue weighted by atomic mass is 32.1. The van der Waals surface area contributed by atoms with Crippen LogP contribution < -0.4 is 4.90 Å². The second-order valence-corrected chi connectivity index (χ2v) is 12.7. The lowest BCUT2D eigenvalue weighted by Gasteiger charge is -2.25. The summed E-state index contributed by atoms with van der Waals surface area (Å²) in [6.45, 7) is 0. The van der Waals surface area contributed by atoms with Crippen molar-refractivity contribution in [2.45, 2.75) is 0 Å². The fourth-order valence-corrected chi connectivity index (χ4v) is 8.31. The monoisotopic (exact) mass is 573 g/mol. The topological polar surface area (TPSA) is 16.4 Å². The van der Waals surface area contributed by atoms with Crippen LogP contribution in [-0.2, 0) is 0 Å². The van der Waals surface area contributed by atoms with Gasteiger partial charge in [-0.05, 0) is 83.9 Å². The van der Waals surface area contributed by atoms with Crippen molar-refractivity contribution in [2.24, 2.45) is 0 Å². The molecular formula is C38H23NOS2. The van der Waals surface area contributed by atoms with Crippen molar-refractivity contribution in [3.05, 3.63) is 140 Å². The highest BCUT2D eigenvalue weighted by Crippen LogP contribution is 2.43.